The monoisotopic (exact) mass is 309 g/mol. The first kappa shape index (κ1) is 14.8. The Hall–Kier alpha value is -2.13. The summed E-state index contributed by atoms with van der Waals surface area (Å²) in [5.41, 5.74) is 0.790. The van der Waals surface area contributed by atoms with Crippen molar-refractivity contribution in [1.29, 1.82) is 0 Å². The van der Waals surface area contributed by atoms with E-state index in [2.05, 4.69) is 4.98 Å². The number of rotatable bonds is 3. The number of ether oxygens (including phenoxy) is 2. The van der Waals surface area contributed by atoms with E-state index in [4.69, 9.17) is 14.6 Å². The Morgan fingerprint density at radius 3 is 2.59 bits per heavy atom. The number of carboxylic acid groups (broad SMARTS) is 1. The van der Waals surface area contributed by atoms with Gasteiger partial charge in [-0.2, -0.15) is 0 Å². The zero-order valence-electron chi connectivity index (χ0n) is 11.3. The Morgan fingerprint density at radius 1 is 1.14 bits per heavy atom. The van der Waals surface area contributed by atoms with Gasteiger partial charge in [-0.3, -0.25) is 0 Å². The van der Waals surface area contributed by atoms with E-state index in [0.717, 1.165) is 5.52 Å². The van der Waals surface area contributed by atoms with Crippen molar-refractivity contribution in [2.45, 2.75) is 30.7 Å². The molecule has 0 bridgehead atoms. The lowest BCUT2D eigenvalue weighted by atomic mass is 9.99. The van der Waals surface area contributed by atoms with Crippen LogP contribution in [0.1, 0.15) is 0 Å². The van der Waals surface area contributed by atoms with E-state index in [-0.39, 0.29) is 0 Å². The molecule has 8 nitrogen and oxygen atoms in total. The summed E-state index contributed by atoms with van der Waals surface area (Å²) < 4.78 is 10.6. The molecule has 3 rings (SSSR count). The molecule has 5 N–H and O–H groups in total. The standard InChI is InChI=1S/C14H15NO7/c16-9-10(17)12(13(19)20)22-14(11(9)18)21-8-5-15-7-4-2-1-3-6(7)8/h1-5,9-12,14-18H,(H,19,20)/t9-,10+,11-,12+,14-/m1/s1. The van der Waals surface area contributed by atoms with Crippen LogP contribution in [0.4, 0.5) is 0 Å². The van der Waals surface area contributed by atoms with Gasteiger partial charge in [0.15, 0.2) is 6.10 Å². The van der Waals surface area contributed by atoms with Crippen LogP contribution in [0.3, 0.4) is 0 Å². The fourth-order valence-corrected chi connectivity index (χ4v) is 2.42. The van der Waals surface area contributed by atoms with Gasteiger partial charge in [-0.1, -0.05) is 12.1 Å². The van der Waals surface area contributed by atoms with Gasteiger partial charge in [-0.15, -0.1) is 0 Å². The maximum Gasteiger partial charge on any atom is 0.335 e. The predicted octanol–water partition coefficient (Wildman–Crippen LogP) is -0.561. The summed E-state index contributed by atoms with van der Waals surface area (Å²) in [4.78, 5) is 14.0. The largest absolute Gasteiger partial charge is 0.479 e. The number of hydrogen-bond donors (Lipinski definition) is 5. The lowest BCUT2D eigenvalue weighted by Crippen LogP contribution is -2.61. The number of aromatic nitrogens is 1. The summed E-state index contributed by atoms with van der Waals surface area (Å²) in [6.45, 7) is 0. The van der Waals surface area contributed by atoms with Gasteiger partial charge in [0.25, 0.3) is 0 Å². The van der Waals surface area contributed by atoms with Crippen LogP contribution in [0.5, 0.6) is 5.75 Å². The van der Waals surface area contributed by atoms with E-state index < -0.39 is 36.7 Å². The number of aromatic amines is 1. The zero-order valence-corrected chi connectivity index (χ0v) is 11.3. The summed E-state index contributed by atoms with van der Waals surface area (Å²) in [5.74, 6) is -1.11. The summed E-state index contributed by atoms with van der Waals surface area (Å²) in [6, 6.07) is 7.21. The van der Waals surface area contributed by atoms with E-state index >= 15 is 0 Å². The molecule has 0 amide bonds. The molecule has 1 aromatic carbocycles. The van der Waals surface area contributed by atoms with E-state index in [0.29, 0.717) is 11.1 Å². The van der Waals surface area contributed by atoms with Crippen molar-refractivity contribution in [2.75, 3.05) is 0 Å². The van der Waals surface area contributed by atoms with E-state index in [1.54, 1.807) is 12.1 Å². The van der Waals surface area contributed by atoms with Crippen LogP contribution >= 0.6 is 0 Å². The van der Waals surface area contributed by atoms with Crippen LogP contribution in [-0.2, 0) is 9.53 Å². The van der Waals surface area contributed by atoms with E-state index in [1.807, 2.05) is 12.1 Å². The topological polar surface area (TPSA) is 132 Å². The Balaban J connectivity index is 1.85. The Bertz CT molecular complexity index is 685. The molecule has 2 heterocycles. The van der Waals surface area contributed by atoms with Crippen molar-refractivity contribution in [1.82, 2.24) is 4.98 Å². The van der Waals surface area contributed by atoms with Crippen LogP contribution in [0, 0.1) is 0 Å². The molecule has 8 heteroatoms. The molecule has 0 saturated carbocycles. The van der Waals surface area contributed by atoms with Gasteiger partial charge in [0.2, 0.25) is 6.29 Å². The Kier molecular flexibility index (Phi) is 3.75. The molecule has 0 aliphatic carbocycles. The second-order valence-electron chi connectivity index (χ2n) is 5.05. The second kappa shape index (κ2) is 5.58. The average molecular weight is 309 g/mol. The van der Waals surface area contributed by atoms with Gasteiger partial charge in [0, 0.05) is 17.1 Å². The minimum Gasteiger partial charge on any atom is -0.479 e. The number of aliphatic hydroxyl groups excluding tert-OH is 3. The van der Waals surface area contributed by atoms with Crippen molar-refractivity contribution in [3.8, 4) is 5.75 Å². The maximum atomic E-state index is 11.0. The lowest BCUT2D eigenvalue weighted by molar-refractivity contribution is -0.270. The first-order chi connectivity index (χ1) is 10.5. The van der Waals surface area contributed by atoms with Crippen molar-refractivity contribution in [3.63, 3.8) is 0 Å². The molecule has 0 spiro atoms. The molecule has 0 radical (unpaired) electrons. The van der Waals surface area contributed by atoms with Crippen LogP contribution in [0.15, 0.2) is 30.5 Å². The van der Waals surface area contributed by atoms with Crippen LogP contribution in [-0.4, -0.2) is 62.1 Å². The van der Waals surface area contributed by atoms with Gasteiger partial charge in [-0.05, 0) is 12.1 Å². The number of carbonyl (C=O) groups is 1. The molecule has 1 aliphatic rings. The highest BCUT2D eigenvalue weighted by atomic mass is 16.7. The lowest BCUT2D eigenvalue weighted by Gasteiger charge is -2.38. The number of aliphatic carboxylic acids is 1. The first-order valence-electron chi connectivity index (χ1n) is 6.64. The van der Waals surface area contributed by atoms with Crippen molar-refractivity contribution >= 4 is 16.9 Å². The molecule has 5 atom stereocenters. The summed E-state index contributed by atoms with van der Waals surface area (Å²) >= 11 is 0. The molecule has 22 heavy (non-hydrogen) atoms. The number of benzene rings is 1. The van der Waals surface area contributed by atoms with E-state index in [1.165, 1.54) is 6.20 Å². The zero-order chi connectivity index (χ0) is 15.9. The minimum absolute atomic E-state index is 0.340. The number of nitrogens with one attached hydrogen (secondary N) is 1. The third-order valence-electron chi connectivity index (χ3n) is 3.61. The SMILES string of the molecule is O=C(O)[C@H]1O[C@@H](Oc2c[nH]c3ccccc23)[C@H](O)[C@H](O)[C@@H]1O. The molecule has 1 saturated heterocycles. The van der Waals surface area contributed by atoms with Crippen LogP contribution in [0.25, 0.3) is 10.9 Å². The van der Waals surface area contributed by atoms with Crippen molar-refractivity contribution < 1.29 is 34.7 Å². The quantitative estimate of drug-likeness (QED) is 0.513. The van der Waals surface area contributed by atoms with Crippen LogP contribution < -0.4 is 4.74 Å². The number of hydrogen-bond acceptors (Lipinski definition) is 6. The Morgan fingerprint density at radius 2 is 1.86 bits per heavy atom. The van der Waals surface area contributed by atoms with Gasteiger partial charge in [-0.25, -0.2) is 4.79 Å². The predicted molar refractivity (Wildman–Crippen MR) is 73.2 cm³/mol. The summed E-state index contributed by atoms with van der Waals surface area (Å²) in [6.07, 6.45) is -6.58. The molecule has 2 aromatic rings. The van der Waals surface area contributed by atoms with Gasteiger partial charge in [0.1, 0.15) is 24.1 Å². The number of fused-ring (bicyclic) bond motifs is 1. The summed E-state index contributed by atoms with van der Waals surface area (Å²) in [5, 5.41) is 39.0. The molecular formula is C14H15NO7. The van der Waals surface area contributed by atoms with E-state index in [9.17, 15) is 20.1 Å². The minimum atomic E-state index is -1.74. The fourth-order valence-electron chi connectivity index (χ4n) is 2.42. The highest BCUT2D eigenvalue weighted by molar-refractivity contribution is 5.85. The normalized spacial score (nSPS) is 32.0. The van der Waals surface area contributed by atoms with Gasteiger partial charge < -0.3 is 34.9 Å². The Labute approximate surface area is 124 Å². The van der Waals surface area contributed by atoms with Crippen molar-refractivity contribution in [3.05, 3.63) is 30.5 Å². The number of aliphatic hydroxyl groups is 3. The molecule has 1 aromatic heterocycles. The summed E-state index contributed by atoms with van der Waals surface area (Å²) in [7, 11) is 0. The van der Waals surface area contributed by atoms with Gasteiger partial charge in [0.05, 0.1) is 0 Å². The number of carboxylic acids is 1. The number of H-pyrrole nitrogens is 1. The molecule has 1 fully saturated rings. The average Bonchev–Trinajstić information content (AvgIpc) is 2.91. The van der Waals surface area contributed by atoms with Gasteiger partial charge >= 0.3 is 5.97 Å². The second-order valence-corrected chi connectivity index (χ2v) is 5.05. The highest BCUT2D eigenvalue weighted by Gasteiger charge is 2.48. The highest BCUT2D eigenvalue weighted by Crippen LogP contribution is 2.29. The van der Waals surface area contributed by atoms with Crippen molar-refractivity contribution in [2.24, 2.45) is 0 Å². The molecular weight excluding hydrogens is 294 g/mol. The number of para-hydroxylation sites is 1. The maximum absolute atomic E-state index is 11.0. The first-order valence-corrected chi connectivity index (χ1v) is 6.64. The third-order valence-corrected chi connectivity index (χ3v) is 3.61. The molecule has 118 valence electrons. The van der Waals surface area contributed by atoms with Crippen LogP contribution in [0.2, 0.25) is 0 Å². The third kappa shape index (κ3) is 2.42. The fraction of sp³-hybridized carbons (Fsp3) is 0.357. The molecule has 0 unspecified atom stereocenters. The smallest absolute Gasteiger partial charge is 0.335 e. The molecule has 1 aliphatic heterocycles.